The summed E-state index contributed by atoms with van der Waals surface area (Å²) in [5, 5.41) is 0. The van der Waals surface area contributed by atoms with Crippen molar-refractivity contribution in [2.45, 2.75) is 6.92 Å². The van der Waals surface area contributed by atoms with E-state index in [0.29, 0.717) is 13.2 Å². The van der Waals surface area contributed by atoms with Crippen LogP contribution in [0.4, 0.5) is 0 Å². The molecule has 2 aromatic carbocycles. The highest BCUT2D eigenvalue weighted by Crippen LogP contribution is 2.32. The lowest BCUT2D eigenvalue weighted by molar-refractivity contribution is 0.178. The first kappa shape index (κ1) is 16.1. The standard InChI is InChI=1S/C19H22O3/c1-4-22-13-12-17(15-8-7-9-16(14-15)20-2)18-10-5-6-11-19(18)21-3/h5-12,14H,4,13H2,1-3H3/b17-12-. The minimum absolute atomic E-state index is 0.557. The number of benzene rings is 2. The maximum atomic E-state index is 5.50. The van der Waals surface area contributed by atoms with Gasteiger partial charge in [0.05, 0.1) is 20.8 Å². The minimum Gasteiger partial charge on any atom is -0.497 e. The van der Waals surface area contributed by atoms with E-state index in [1.54, 1.807) is 14.2 Å². The molecule has 2 aromatic rings. The van der Waals surface area contributed by atoms with Crippen LogP contribution < -0.4 is 9.47 Å². The molecule has 0 aromatic heterocycles. The fourth-order valence-electron chi connectivity index (χ4n) is 2.30. The van der Waals surface area contributed by atoms with E-state index in [-0.39, 0.29) is 0 Å². The van der Waals surface area contributed by atoms with Crippen molar-refractivity contribution in [3.05, 3.63) is 65.7 Å². The van der Waals surface area contributed by atoms with Crippen molar-refractivity contribution < 1.29 is 14.2 Å². The first-order valence-electron chi connectivity index (χ1n) is 7.35. The molecule has 22 heavy (non-hydrogen) atoms. The molecule has 3 nitrogen and oxygen atoms in total. The Hall–Kier alpha value is -2.26. The SMILES string of the molecule is CCOC/C=C(/c1cccc(OC)c1)c1ccccc1OC. The first-order chi connectivity index (χ1) is 10.8. The highest BCUT2D eigenvalue weighted by atomic mass is 16.5. The molecule has 0 N–H and O–H groups in total. The number of methoxy groups -OCH3 is 2. The number of ether oxygens (including phenoxy) is 3. The van der Waals surface area contributed by atoms with Gasteiger partial charge in [-0.2, -0.15) is 0 Å². The Kier molecular flexibility index (Phi) is 6.04. The Balaban J connectivity index is 2.48. The van der Waals surface area contributed by atoms with Crippen LogP contribution in [0.2, 0.25) is 0 Å². The molecule has 0 aliphatic rings. The second kappa shape index (κ2) is 8.25. The van der Waals surface area contributed by atoms with Gasteiger partial charge in [-0.25, -0.2) is 0 Å². The lowest BCUT2D eigenvalue weighted by Crippen LogP contribution is -1.97. The van der Waals surface area contributed by atoms with Gasteiger partial charge in [-0.3, -0.25) is 0 Å². The Morgan fingerprint density at radius 2 is 1.82 bits per heavy atom. The van der Waals surface area contributed by atoms with E-state index in [4.69, 9.17) is 14.2 Å². The molecule has 0 saturated carbocycles. The number of hydrogen-bond donors (Lipinski definition) is 0. The zero-order chi connectivity index (χ0) is 15.8. The summed E-state index contributed by atoms with van der Waals surface area (Å²) in [6.07, 6.45) is 2.08. The molecule has 0 aliphatic carbocycles. The molecule has 0 unspecified atom stereocenters. The van der Waals surface area contributed by atoms with Crippen molar-refractivity contribution in [3.8, 4) is 11.5 Å². The third-order valence-electron chi connectivity index (χ3n) is 3.39. The van der Waals surface area contributed by atoms with Crippen LogP contribution in [0.25, 0.3) is 5.57 Å². The molecule has 116 valence electrons. The summed E-state index contributed by atoms with van der Waals surface area (Å²) in [6.45, 7) is 3.23. The first-order valence-corrected chi connectivity index (χ1v) is 7.35. The molecular weight excluding hydrogens is 276 g/mol. The maximum Gasteiger partial charge on any atom is 0.126 e. The van der Waals surface area contributed by atoms with Crippen LogP contribution in [0.3, 0.4) is 0 Å². The zero-order valence-electron chi connectivity index (χ0n) is 13.3. The summed E-state index contributed by atoms with van der Waals surface area (Å²) in [5.74, 6) is 1.67. The summed E-state index contributed by atoms with van der Waals surface area (Å²) < 4.78 is 16.3. The third-order valence-corrected chi connectivity index (χ3v) is 3.39. The van der Waals surface area contributed by atoms with Crippen LogP contribution in [0.15, 0.2) is 54.6 Å². The van der Waals surface area contributed by atoms with Crippen molar-refractivity contribution in [1.29, 1.82) is 0 Å². The van der Waals surface area contributed by atoms with Gasteiger partial charge < -0.3 is 14.2 Å². The summed E-state index contributed by atoms with van der Waals surface area (Å²) in [6, 6.07) is 16.0. The van der Waals surface area contributed by atoms with E-state index in [2.05, 4.69) is 18.2 Å². The second-order valence-corrected chi connectivity index (χ2v) is 4.71. The largest absolute Gasteiger partial charge is 0.497 e. The maximum absolute atomic E-state index is 5.50. The predicted molar refractivity (Wildman–Crippen MR) is 89.6 cm³/mol. The average Bonchev–Trinajstić information content (AvgIpc) is 2.59. The van der Waals surface area contributed by atoms with E-state index in [0.717, 1.165) is 28.2 Å². The van der Waals surface area contributed by atoms with E-state index in [9.17, 15) is 0 Å². The van der Waals surface area contributed by atoms with Crippen LogP contribution in [0.1, 0.15) is 18.1 Å². The summed E-state index contributed by atoms with van der Waals surface area (Å²) in [4.78, 5) is 0. The number of para-hydroxylation sites is 1. The molecule has 0 saturated heterocycles. The number of hydrogen-bond acceptors (Lipinski definition) is 3. The van der Waals surface area contributed by atoms with E-state index < -0.39 is 0 Å². The fourth-order valence-corrected chi connectivity index (χ4v) is 2.30. The molecule has 0 amide bonds. The summed E-state index contributed by atoms with van der Waals surface area (Å²) >= 11 is 0. The Morgan fingerprint density at radius 1 is 1.00 bits per heavy atom. The van der Waals surface area contributed by atoms with Crippen LogP contribution in [0, 0.1) is 0 Å². The second-order valence-electron chi connectivity index (χ2n) is 4.71. The van der Waals surface area contributed by atoms with Gasteiger partial charge in [-0.05, 0) is 36.3 Å². The normalized spacial score (nSPS) is 11.3. The van der Waals surface area contributed by atoms with Crippen LogP contribution >= 0.6 is 0 Å². The van der Waals surface area contributed by atoms with Gasteiger partial charge >= 0.3 is 0 Å². The molecule has 0 spiro atoms. The topological polar surface area (TPSA) is 27.7 Å². The van der Waals surface area contributed by atoms with Gasteiger partial charge in [0, 0.05) is 12.2 Å². The smallest absolute Gasteiger partial charge is 0.126 e. The average molecular weight is 298 g/mol. The van der Waals surface area contributed by atoms with Gasteiger partial charge in [-0.1, -0.05) is 36.4 Å². The van der Waals surface area contributed by atoms with Crippen molar-refractivity contribution in [2.75, 3.05) is 27.4 Å². The molecule has 0 radical (unpaired) electrons. The van der Waals surface area contributed by atoms with Gasteiger partial charge in [0.15, 0.2) is 0 Å². The van der Waals surface area contributed by atoms with Crippen LogP contribution in [-0.4, -0.2) is 27.4 Å². The molecule has 0 fully saturated rings. The van der Waals surface area contributed by atoms with Crippen molar-refractivity contribution >= 4 is 5.57 Å². The lowest BCUT2D eigenvalue weighted by atomic mass is 9.96. The van der Waals surface area contributed by atoms with Gasteiger partial charge in [0.1, 0.15) is 11.5 Å². The molecule has 0 atom stereocenters. The van der Waals surface area contributed by atoms with Crippen LogP contribution in [-0.2, 0) is 4.74 Å². The molecule has 2 rings (SSSR count). The summed E-state index contributed by atoms with van der Waals surface area (Å²) in [7, 11) is 3.36. The van der Waals surface area contributed by atoms with Crippen molar-refractivity contribution in [3.63, 3.8) is 0 Å². The fraction of sp³-hybridized carbons (Fsp3) is 0.263. The number of rotatable bonds is 7. The molecular formula is C19H22O3. The Morgan fingerprint density at radius 3 is 2.55 bits per heavy atom. The van der Waals surface area contributed by atoms with E-state index in [1.807, 2.05) is 43.3 Å². The monoisotopic (exact) mass is 298 g/mol. The van der Waals surface area contributed by atoms with Crippen molar-refractivity contribution in [1.82, 2.24) is 0 Å². The molecule has 0 heterocycles. The highest BCUT2D eigenvalue weighted by molar-refractivity contribution is 5.83. The third kappa shape index (κ3) is 3.89. The molecule has 3 heteroatoms. The van der Waals surface area contributed by atoms with Gasteiger partial charge in [0.2, 0.25) is 0 Å². The Labute approximate surface area is 132 Å². The lowest BCUT2D eigenvalue weighted by Gasteiger charge is -2.14. The van der Waals surface area contributed by atoms with Gasteiger partial charge in [0.25, 0.3) is 0 Å². The summed E-state index contributed by atoms with van der Waals surface area (Å²) in [5.41, 5.74) is 3.19. The molecule has 0 bridgehead atoms. The zero-order valence-corrected chi connectivity index (χ0v) is 13.3. The van der Waals surface area contributed by atoms with E-state index in [1.165, 1.54) is 0 Å². The van der Waals surface area contributed by atoms with Gasteiger partial charge in [-0.15, -0.1) is 0 Å². The Bertz CT molecular complexity index is 632. The minimum atomic E-state index is 0.557. The molecule has 0 aliphatic heterocycles. The van der Waals surface area contributed by atoms with Crippen molar-refractivity contribution in [2.24, 2.45) is 0 Å². The highest BCUT2D eigenvalue weighted by Gasteiger charge is 2.11. The van der Waals surface area contributed by atoms with Crippen LogP contribution in [0.5, 0.6) is 11.5 Å². The van der Waals surface area contributed by atoms with E-state index >= 15 is 0 Å². The predicted octanol–water partition coefficient (Wildman–Crippen LogP) is 4.17. The quantitative estimate of drug-likeness (QED) is 0.718.